The fourth-order valence-corrected chi connectivity index (χ4v) is 2.96. The van der Waals surface area contributed by atoms with E-state index < -0.39 is 0 Å². The third-order valence-electron chi connectivity index (χ3n) is 4.33. The summed E-state index contributed by atoms with van der Waals surface area (Å²) in [6.45, 7) is 0. The summed E-state index contributed by atoms with van der Waals surface area (Å²) in [6.07, 6.45) is 0. The van der Waals surface area contributed by atoms with Gasteiger partial charge in [-0.3, -0.25) is 4.79 Å². The molecule has 4 rings (SSSR count). The van der Waals surface area contributed by atoms with Crippen molar-refractivity contribution in [1.82, 2.24) is 9.97 Å². The molecule has 3 aromatic carbocycles. The minimum Gasteiger partial charge on any atom is -0.386 e. The number of carbonyl (C=O) groups excluding carboxylic acids is 1. The maximum atomic E-state index is 12.3. The molecule has 144 valence electrons. The first kappa shape index (κ1) is 18.7. The van der Waals surface area contributed by atoms with Crippen molar-refractivity contribution in [2.45, 2.75) is 0 Å². The van der Waals surface area contributed by atoms with Gasteiger partial charge in [0.2, 0.25) is 0 Å². The van der Waals surface area contributed by atoms with Crippen molar-refractivity contribution in [2.24, 2.45) is 10.7 Å². The van der Waals surface area contributed by atoms with Gasteiger partial charge in [-0.1, -0.05) is 18.2 Å². The van der Waals surface area contributed by atoms with Crippen LogP contribution in [-0.2, 0) is 0 Å². The monoisotopic (exact) mass is 403 g/mol. The van der Waals surface area contributed by atoms with Gasteiger partial charge in [0.1, 0.15) is 11.7 Å². The minimum absolute atomic E-state index is 0.147. The van der Waals surface area contributed by atoms with Crippen LogP contribution in [0.2, 0.25) is 0 Å². The molecule has 7 heteroatoms. The van der Waals surface area contributed by atoms with Crippen LogP contribution in [0.15, 0.2) is 77.8 Å². The van der Waals surface area contributed by atoms with Crippen molar-refractivity contribution in [1.29, 1.82) is 0 Å². The second kappa shape index (κ2) is 8.16. The number of nitrogens with two attached hydrogens (primary N) is 1. The SMILES string of the molecule is NC(CCl)=Nc1ccc2nc(-c3ccc(NC(=O)c4ccccc4)cc3)[nH]c2c1. The maximum absolute atomic E-state index is 12.3. The molecule has 0 aliphatic carbocycles. The minimum atomic E-state index is -0.147. The Kier molecular flexibility index (Phi) is 5.27. The van der Waals surface area contributed by atoms with Gasteiger partial charge >= 0.3 is 0 Å². The van der Waals surface area contributed by atoms with Gasteiger partial charge in [-0.25, -0.2) is 9.98 Å². The van der Waals surface area contributed by atoms with Gasteiger partial charge < -0.3 is 16.0 Å². The number of benzene rings is 3. The number of fused-ring (bicyclic) bond motifs is 1. The summed E-state index contributed by atoms with van der Waals surface area (Å²) >= 11 is 5.68. The average Bonchev–Trinajstić information content (AvgIpc) is 3.18. The molecule has 0 radical (unpaired) electrons. The molecule has 0 spiro atoms. The number of aliphatic imine (C=N–C) groups is 1. The van der Waals surface area contributed by atoms with E-state index in [1.54, 1.807) is 12.1 Å². The highest BCUT2D eigenvalue weighted by Crippen LogP contribution is 2.25. The Morgan fingerprint density at radius 3 is 2.55 bits per heavy atom. The predicted octanol–water partition coefficient (Wildman–Crippen LogP) is 4.71. The summed E-state index contributed by atoms with van der Waals surface area (Å²) in [7, 11) is 0. The van der Waals surface area contributed by atoms with Gasteiger partial charge in [-0.05, 0) is 54.6 Å². The van der Waals surface area contributed by atoms with Crippen LogP contribution in [0.1, 0.15) is 10.4 Å². The molecule has 0 saturated carbocycles. The number of H-pyrrole nitrogens is 1. The number of alkyl halides is 1. The number of amidine groups is 1. The van der Waals surface area contributed by atoms with Crippen LogP contribution in [0.4, 0.5) is 11.4 Å². The molecule has 1 aromatic heterocycles. The fourth-order valence-electron chi connectivity index (χ4n) is 2.90. The summed E-state index contributed by atoms with van der Waals surface area (Å²) in [5, 5.41) is 2.89. The first-order valence-corrected chi connectivity index (χ1v) is 9.51. The van der Waals surface area contributed by atoms with Gasteiger partial charge in [0.25, 0.3) is 5.91 Å². The van der Waals surface area contributed by atoms with Crippen molar-refractivity contribution >= 4 is 45.8 Å². The smallest absolute Gasteiger partial charge is 0.255 e. The lowest BCUT2D eigenvalue weighted by molar-refractivity contribution is 0.102. The van der Waals surface area contributed by atoms with Crippen LogP contribution >= 0.6 is 11.6 Å². The zero-order valence-corrected chi connectivity index (χ0v) is 16.1. The van der Waals surface area contributed by atoms with E-state index in [1.165, 1.54) is 0 Å². The molecule has 6 nitrogen and oxygen atoms in total. The number of halogens is 1. The Balaban J connectivity index is 1.54. The Bertz CT molecular complexity index is 1180. The van der Waals surface area contributed by atoms with E-state index in [0.717, 1.165) is 22.4 Å². The van der Waals surface area contributed by atoms with Gasteiger partial charge in [0.05, 0.1) is 22.6 Å². The van der Waals surface area contributed by atoms with Crippen LogP contribution in [0.5, 0.6) is 0 Å². The number of hydrogen-bond acceptors (Lipinski definition) is 3. The number of amides is 1. The second-order valence-electron chi connectivity index (χ2n) is 6.42. The number of nitrogens with one attached hydrogen (secondary N) is 2. The number of aromatic nitrogens is 2. The molecule has 0 aliphatic heterocycles. The molecule has 0 saturated heterocycles. The van der Waals surface area contributed by atoms with Crippen LogP contribution < -0.4 is 11.1 Å². The highest BCUT2D eigenvalue weighted by Gasteiger charge is 2.08. The third kappa shape index (κ3) is 4.28. The number of anilines is 1. The Morgan fingerprint density at radius 2 is 1.83 bits per heavy atom. The van der Waals surface area contributed by atoms with Gasteiger partial charge in [-0.2, -0.15) is 0 Å². The number of hydrogen-bond donors (Lipinski definition) is 3. The third-order valence-corrected chi connectivity index (χ3v) is 4.60. The van der Waals surface area contributed by atoms with E-state index in [1.807, 2.05) is 60.7 Å². The van der Waals surface area contributed by atoms with Crippen LogP contribution in [0.25, 0.3) is 22.4 Å². The van der Waals surface area contributed by atoms with Gasteiger partial charge in [-0.15, -0.1) is 11.6 Å². The molecule has 4 N–H and O–H groups in total. The molecule has 1 amide bonds. The summed E-state index contributed by atoms with van der Waals surface area (Å²) in [4.78, 5) is 24.4. The second-order valence-corrected chi connectivity index (χ2v) is 6.69. The number of aromatic amines is 1. The molecule has 0 fully saturated rings. The van der Waals surface area contributed by atoms with Crippen molar-refractivity contribution in [3.8, 4) is 11.4 Å². The molecular formula is C22H18ClN5O. The van der Waals surface area contributed by atoms with Crippen molar-refractivity contribution in [3.63, 3.8) is 0 Å². The van der Waals surface area contributed by atoms with E-state index in [0.29, 0.717) is 22.8 Å². The number of nitrogens with zero attached hydrogens (tertiary/aromatic N) is 2. The van der Waals surface area contributed by atoms with E-state index in [-0.39, 0.29) is 11.8 Å². The largest absolute Gasteiger partial charge is 0.386 e. The molecule has 0 unspecified atom stereocenters. The fraction of sp³-hybridized carbons (Fsp3) is 0.0455. The Morgan fingerprint density at radius 1 is 1.07 bits per heavy atom. The maximum Gasteiger partial charge on any atom is 0.255 e. The molecule has 0 aliphatic rings. The van der Waals surface area contributed by atoms with Gasteiger partial charge in [0.15, 0.2) is 0 Å². The number of imidazole rings is 1. The van der Waals surface area contributed by atoms with Crippen LogP contribution in [0, 0.1) is 0 Å². The topological polar surface area (TPSA) is 96.2 Å². The van der Waals surface area contributed by atoms with Gasteiger partial charge in [0, 0.05) is 16.8 Å². The standard InChI is InChI=1S/C22H18ClN5O/c23-13-20(24)25-17-10-11-18-19(12-17)28-21(27-18)14-6-8-16(9-7-14)26-22(29)15-4-2-1-3-5-15/h1-12H,13H2,(H2,24,25)(H,26,29)(H,27,28). The predicted molar refractivity (Wildman–Crippen MR) is 118 cm³/mol. The van der Waals surface area contributed by atoms with E-state index in [4.69, 9.17) is 17.3 Å². The molecule has 0 atom stereocenters. The van der Waals surface area contributed by atoms with E-state index >= 15 is 0 Å². The van der Waals surface area contributed by atoms with E-state index in [2.05, 4.69) is 20.3 Å². The number of carbonyl (C=O) groups is 1. The molecule has 1 heterocycles. The van der Waals surface area contributed by atoms with Crippen LogP contribution in [-0.4, -0.2) is 27.6 Å². The molecular weight excluding hydrogens is 386 g/mol. The Hall–Kier alpha value is -3.64. The average molecular weight is 404 g/mol. The van der Waals surface area contributed by atoms with Crippen LogP contribution in [0.3, 0.4) is 0 Å². The molecule has 0 bridgehead atoms. The van der Waals surface area contributed by atoms with Crippen molar-refractivity contribution in [3.05, 3.63) is 78.4 Å². The summed E-state index contributed by atoms with van der Waals surface area (Å²) in [6, 6.07) is 22.2. The normalized spacial score (nSPS) is 11.6. The highest BCUT2D eigenvalue weighted by molar-refractivity contribution is 6.28. The first-order chi connectivity index (χ1) is 14.1. The molecule has 29 heavy (non-hydrogen) atoms. The summed E-state index contributed by atoms with van der Waals surface area (Å²) < 4.78 is 0. The number of rotatable bonds is 5. The van der Waals surface area contributed by atoms with Crippen molar-refractivity contribution < 1.29 is 4.79 Å². The molecule has 4 aromatic rings. The summed E-state index contributed by atoms with van der Waals surface area (Å²) in [5.41, 5.74) is 10.3. The Labute approximate surface area is 172 Å². The van der Waals surface area contributed by atoms with Crippen molar-refractivity contribution in [2.75, 3.05) is 11.2 Å². The zero-order valence-electron chi connectivity index (χ0n) is 15.4. The highest BCUT2D eigenvalue weighted by atomic mass is 35.5. The summed E-state index contributed by atoms with van der Waals surface area (Å²) in [5.74, 6) is 1.12. The lowest BCUT2D eigenvalue weighted by Crippen LogP contribution is -2.12. The van der Waals surface area contributed by atoms with E-state index in [9.17, 15) is 4.79 Å². The first-order valence-electron chi connectivity index (χ1n) is 8.98. The lowest BCUT2D eigenvalue weighted by atomic mass is 10.1. The lowest BCUT2D eigenvalue weighted by Gasteiger charge is -2.05. The zero-order chi connectivity index (χ0) is 20.2. The quantitative estimate of drug-likeness (QED) is 0.256.